The summed E-state index contributed by atoms with van der Waals surface area (Å²) in [6.07, 6.45) is -1.94. The Labute approximate surface area is 127 Å². The van der Waals surface area contributed by atoms with Gasteiger partial charge in [-0.3, -0.25) is 0 Å². The second-order valence-electron chi connectivity index (χ2n) is 4.69. The fourth-order valence-electron chi connectivity index (χ4n) is 2.09. The van der Waals surface area contributed by atoms with Crippen molar-refractivity contribution in [2.24, 2.45) is 0 Å². The second kappa shape index (κ2) is 7.57. The van der Waals surface area contributed by atoms with Gasteiger partial charge in [-0.05, 0) is 41.0 Å². The van der Waals surface area contributed by atoms with Crippen LogP contribution in [0.2, 0.25) is 0 Å². The van der Waals surface area contributed by atoms with E-state index in [-0.39, 0.29) is 12.0 Å². The highest BCUT2D eigenvalue weighted by atomic mass is 35.5. The molecule has 2 aromatic carbocycles. The molecule has 114 valence electrons. The number of ether oxygens (including phenoxy) is 2. The van der Waals surface area contributed by atoms with Gasteiger partial charge >= 0.3 is 0 Å². The predicted molar refractivity (Wildman–Crippen MR) is 80.5 cm³/mol. The Morgan fingerprint density at radius 2 is 1.81 bits per heavy atom. The summed E-state index contributed by atoms with van der Waals surface area (Å²) in [6.45, 7) is -0.319. The van der Waals surface area contributed by atoms with Gasteiger partial charge in [-0.2, -0.15) is 0 Å². The number of methoxy groups -OCH3 is 1. The van der Waals surface area contributed by atoms with E-state index < -0.39 is 13.0 Å². The first-order valence-corrected chi connectivity index (χ1v) is 7.11. The fraction of sp³-hybridized carbons (Fsp3) is 0.375. The van der Waals surface area contributed by atoms with Gasteiger partial charge in [0.15, 0.2) is 0 Å². The minimum absolute atomic E-state index is 0.221. The van der Waals surface area contributed by atoms with E-state index in [9.17, 15) is 8.78 Å². The normalized spacial score (nSPS) is 12.8. The molecule has 0 amide bonds. The third kappa shape index (κ3) is 4.55. The molecule has 0 bridgehead atoms. The van der Waals surface area contributed by atoms with Crippen molar-refractivity contribution >= 4 is 22.4 Å². The highest BCUT2D eigenvalue weighted by Crippen LogP contribution is 2.29. The van der Waals surface area contributed by atoms with E-state index in [4.69, 9.17) is 21.1 Å². The monoisotopic (exact) mass is 314 g/mol. The molecule has 2 rings (SSSR count). The summed E-state index contributed by atoms with van der Waals surface area (Å²) < 4.78 is 33.9. The first-order valence-electron chi connectivity index (χ1n) is 6.68. The van der Waals surface area contributed by atoms with Crippen LogP contribution in [0.3, 0.4) is 0 Å². The van der Waals surface area contributed by atoms with Crippen LogP contribution in [0.4, 0.5) is 8.78 Å². The highest BCUT2D eigenvalue weighted by Gasteiger charge is 2.10. The van der Waals surface area contributed by atoms with Crippen molar-refractivity contribution in [2.75, 3.05) is 20.3 Å². The van der Waals surface area contributed by atoms with Crippen molar-refractivity contribution in [3.05, 3.63) is 42.0 Å². The summed E-state index contributed by atoms with van der Waals surface area (Å²) in [5, 5.41) is 1.87. The van der Waals surface area contributed by atoms with Crippen LogP contribution < -0.4 is 4.74 Å². The Balaban J connectivity index is 2.01. The van der Waals surface area contributed by atoms with Crippen molar-refractivity contribution in [1.29, 1.82) is 0 Å². The minimum Gasteiger partial charge on any atom is -0.497 e. The molecule has 0 aliphatic heterocycles. The molecule has 0 saturated carbocycles. The van der Waals surface area contributed by atoms with Crippen LogP contribution in [-0.4, -0.2) is 26.7 Å². The Morgan fingerprint density at radius 3 is 2.52 bits per heavy atom. The Kier molecular flexibility index (Phi) is 5.76. The maximum atomic E-state index is 12.0. The van der Waals surface area contributed by atoms with Crippen LogP contribution in [0.1, 0.15) is 17.4 Å². The van der Waals surface area contributed by atoms with Crippen LogP contribution in [-0.2, 0) is 4.74 Å². The number of hydrogen-bond acceptors (Lipinski definition) is 2. The Bertz CT molecular complexity index is 589. The number of hydrogen-bond donors (Lipinski definition) is 0. The fourth-order valence-corrected chi connectivity index (χ4v) is 2.31. The molecule has 0 aliphatic rings. The SMILES string of the molecule is COc1ccc2cc(C(Cl)CCOCC(F)F)ccc2c1. The van der Waals surface area contributed by atoms with Crippen LogP contribution in [0.5, 0.6) is 5.75 Å². The molecular weight excluding hydrogens is 298 g/mol. The summed E-state index contributed by atoms with van der Waals surface area (Å²) in [6, 6.07) is 11.7. The summed E-state index contributed by atoms with van der Waals surface area (Å²) in [7, 11) is 1.63. The van der Waals surface area contributed by atoms with E-state index in [1.807, 2.05) is 36.4 Å². The third-order valence-corrected chi connectivity index (χ3v) is 3.66. The van der Waals surface area contributed by atoms with E-state index >= 15 is 0 Å². The lowest BCUT2D eigenvalue weighted by atomic mass is 10.0. The van der Waals surface area contributed by atoms with Gasteiger partial charge in [-0.1, -0.05) is 18.2 Å². The van der Waals surface area contributed by atoms with Crippen LogP contribution in [0.15, 0.2) is 36.4 Å². The van der Waals surface area contributed by atoms with Gasteiger partial charge in [0.25, 0.3) is 6.43 Å². The Morgan fingerprint density at radius 1 is 1.10 bits per heavy atom. The molecule has 1 atom stereocenters. The van der Waals surface area contributed by atoms with Gasteiger partial charge in [0.1, 0.15) is 12.4 Å². The summed E-state index contributed by atoms with van der Waals surface area (Å²) in [4.78, 5) is 0. The molecule has 0 spiro atoms. The quantitative estimate of drug-likeness (QED) is 0.540. The lowest BCUT2D eigenvalue weighted by molar-refractivity contribution is 0.0165. The molecule has 2 aromatic rings. The van der Waals surface area contributed by atoms with Gasteiger partial charge in [0.05, 0.1) is 12.5 Å². The maximum absolute atomic E-state index is 12.0. The average Bonchev–Trinajstić information content (AvgIpc) is 2.50. The first kappa shape index (κ1) is 16.0. The molecule has 0 aliphatic carbocycles. The minimum atomic E-state index is -2.44. The van der Waals surface area contributed by atoms with Gasteiger partial charge in [-0.15, -0.1) is 11.6 Å². The van der Waals surface area contributed by atoms with Crippen LogP contribution in [0.25, 0.3) is 10.8 Å². The third-order valence-electron chi connectivity index (χ3n) is 3.19. The van der Waals surface area contributed by atoms with E-state index in [1.165, 1.54) is 0 Å². The molecule has 0 radical (unpaired) electrons. The van der Waals surface area contributed by atoms with Crippen molar-refractivity contribution in [3.8, 4) is 5.75 Å². The molecule has 0 saturated heterocycles. The zero-order valence-electron chi connectivity index (χ0n) is 11.7. The lowest BCUT2D eigenvalue weighted by Gasteiger charge is -2.11. The van der Waals surface area contributed by atoms with Crippen molar-refractivity contribution < 1.29 is 18.3 Å². The largest absolute Gasteiger partial charge is 0.497 e. The molecule has 21 heavy (non-hydrogen) atoms. The van der Waals surface area contributed by atoms with Gasteiger partial charge in [0.2, 0.25) is 0 Å². The van der Waals surface area contributed by atoms with Crippen LogP contribution in [0, 0.1) is 0 Å². The molecule has 0 N–H and O–H groups in total. The maximum Gasteiger partial charge on any atom is 0.261 e. The van der Waals surface area contributed by atoms with Crippen molar-refractivity contribution in [1.82, 2.24) is 0 Å². The first-order chi connectivity index (χ1) is 10.1. The lowest BCUT2D eigenvalue weighted by Crippen LogP contribution is -2.06. The van der Waals surface area contributed by atoms with E-state index in [0.717, 1.165) is 22.1 Å². The van der Waals surface area contributed by atoms with Crippen LogP contribution >= 0.6 is 11.6 Å². The molecule has 2 nitrogen and oxygen atoms in total. The van der Waals surface area contributed by atoms with Gasteiger partial charge < -0.3 is 9.47 Å². The van der Waals surface area contributed by atoms with Gasteiger partial charge in [0, 0.05) is 6.61 Å². The Hall–Kier alpha value is -1.39. The topological polar surface area (TPSA) is 18.5 Å². The van der Waals surface area contributed by atoms with Crippen molar-refractivity contribution in [2.45, 2.75) is 18.2 Å². The van der Waals surface area contributed by atoms with E-state index in [0.29, 0.717) is 6.42 Å². The zero-order chi connectivity index (χ0) is 15.2. The number of alkyl halides is 3. The molecule has 0 aromatic heterocycles. The molecule has 0 heterocycles. The molecule has 1 unspecified atom stereocenters. The number of halogens is 3. The number of fused-ring (bicyclic) bond motifs is 1. The van der Waals surface area contributed by atoms with E-state index in [1.54, 1.807) is 7.11 Å². The highest BCUT2D eigenvalue weighted by molar-refractivity contribution is 6.21. The molecule has 5 heteroatoms. The summed E-state index contributed by atoms with van der Waals surface area (Å²) >= 11 is 6.29. The molecule has 0 fully saturated rings. The number of benzene rings is 2. The standard InChI is InChI=1S/C16H17ClF2O2/c1-20-14-5-4-11-8-13(3-2-12(11)9-14)15(17)6-7-21-10-16(18)19/h2-5,8-9,15-16H,6-7,10H2,1H3. The average molecular weight is 315 g/mol. The summed E-state index contributed by atoms with van der Waals surface area (Å²) in [5.41, 5.74) is 0.954. The number of rotatable bonds is 7. The zero-order valence-corrected chi connectivity index (χ0v) is 12.4. The van der Waals surface area contributed by atoms with Gasteiger partial charge in [-0.25, -0.2) is 8.78 Å². The van der Waals surface area contributed by atoms with E-state index in [2.05, 4.69) is 0 Å². The second-order valence-corrected chi connectivity index (χ2v) is 5.22. The smallest absolute Gasteiger partial charge is 0.261 e. The summed E-state index contributed by atoms with van der Waals surface area (Å²) in [5.74, 6) is 0.804. The molecular formula is C16H17ClF2O2. The predicted octanol–water partition coefficient (Wildman–Crippen LogP) is 4.80. The van der Waals surface area contributed by atoms with Crippen molar-refractivity contribution in [3.63, 3.8) is 0 Å².